The molecule has 0 radical (unpaired) electrons. The highest BCUT2D eigenvalue weighted by Gasteiger charge is 2.04. The van der Waals surface area contributed by atoms with Crippen molar-refractivity contribution < 1.29 is 0 Å². The summed E-state index contributed by atoms with van der Waals surface area (Å²) in [5, 5.41) is 0.699. The average molecular weight is 286 g/mol. The number of nitrogens with zero attached hydrogens (tertiary/aromatic N) is 1. The highest BCUT2D eigenvalue weighted by molar-refractivity contribution is 14.1. The van der Waals surface area contributed by atoms with Crippen molar-refractivity contribution >= 4 is 33.5 Å². The fourth-order valence-electron chi connectivity index (χ4n) is 1.24. The summed E-state index contributed by atoms with van der Waals surface area (Å²) < 4.78 is 0.747. The molecule has 0 saturated carbocycles. The molecule has 0 amide bonds. The van der Waals surface area contributed by atoms with Gasteiger partial charge in [-0.05, 0) is 35.6 Å². The Morgan fingerprint density at radius 1 is 1.54 bits per heavy atom. The fraction of sp³-hybridized carbons (Fsp3) is 0.111. The summed E-state index contributed by atoms with van der Waals surface area (Å²) in [6.07, 6.45) is 3.29. The van der Waals surface area contributed by atoms with Crippen LogP contribution < -0.4 is 5.43 Å². The van der Waals surface area contributed by atoms with Gasteiger partial charge in [-0.2, -0.15) is 0 Å². The minimum atomic E-state index is 0.0780. The lowest BCUT2D eigenvalue weighted by Crippen LogP contribution is -2.09. The number of fused-ring (bicyclic) bond motifs is 1. The van der Waals surface area contributed by atoms with Gasteiger partial charge in [0.25, 0.3) is 0 Å². The molecule has 0 atom stereocenters. The zero-order valence-electron chi connectivity index (χ0n) is 6.97. The van der Waals surface area contributed by atoms with Gasteiger partial charge in [-0.3, -0.25) is 9.78 Å². The Hall–Kier alpha value is -0.910. The first-order valence-electron chi connectivity index (χ1n) is 3.82. The first-order chi connectivity index (χ1) is 6.20. The van der Waals surface area contributed by atoms with E-state index in [4.69, 9.17) is 0 Å². The number of hydrogen-bond donors (Lipinski definition) is 1. The maximum atomic E-state index is 11.7. The number of hydrogen-bond acceptors (Lipinski definition) is 2. The average Bonchev–Trinajstić information content (AvgIpc) is 2.15. The summed E-state index contributed by atoms with van der Waals surface area (Å²) in [7, 11) is 0. The summed E-state index contributed by atoms with van der Waals surface area (Å²) in [6.45, 7) is 1.88. The molecule has 1 N–H and O–H groups in total. The molecule has 0 spiro atoms. The molecule has 0 aliphatic carbocycles. The molecule has 2 rings (SSSR count). The number of rotatable bonds is 0. The summed E-state index contributed by atoms with van der Waals surface area (Å²) >= 11 is 2.05. The van der Waals surface area contributed by atoms with Gasteiger partial charge in [0.15, 0.2) is 0 Å². The molecular weight excluding hydrogens is 279 g/mol. The zero-order chi connectivity index (χ0) is 9.42. The third kappa shape index (κ3) is 1.35. The van der Waals surface area contributed by atoms with Crippen molar-refractivity contribution in [2.24, 2.45) is 0 Å². The minimum Gasteiger partial charge on any atom is -0.356 e. The summed E-state index contributed by atoms with van der Waals surface area (Å²) in [5.41, 5.74) is 1.77. The number of aryl methyl sites for hydroxylation is 1. The molecule has 66 valence electrons. The van der Waals surface area contributed by atoms with Crippen molar-refractivity contribution in [3.05, 3.63) is 37.9 Å². The van der Waals surface area contributed by atoms with E-state index in [2.05, 4.69) is 32.6 Å². The van der Waals surface area contributed by atoms with Gasteiger partial charge in [-0.1, -0.05) is 0 Å². The van der Waals surface area contributed by atoms with Crippen LogP contribution >= 0.6 is 22.6 Å². The molecule has 2 aromatic rings. The van der Waals surface area contributed by atoms with Crippen LogP contribution in [-0.2, 0) is 0 Å². The Labute approximate surface area is 88.3 Å². The van der Waals surface area contributed by atoms with Crippen LogP contribution in [0.1, 0.15) is 5.69 Å². The monoisotopic (exact) mass is 286 g/mol. The molecule has 3 nitrogen and oxygen atoms in total. The van der Waals surface area contributed by atoms with Gasteiger partial charge >= 0.3 is 0 Å². The largest absolute Gasteiger partial charge is 0.356 e. The van der Waals surface area contributed by atoms with Crippen molar-refractivity contribution in [3.63, 3.8) is 0 Å². The Bertz CT molecular complexity index is 518. The van der Waals surface area contributed by atoms with Crippen LogP contribution in [0.4, 0.5) is 0 Å². The second-order valence-corrected chi connectivity index (χ2v) is 3.89. The zero-order valence-corrected chi connectivity index (χ0v) is 9.12. The smallest absolute Gasteiger partial charge is 0.203 e. The van der Waals surface area contributed by atoms with Crippen LogP contribution in [0.15, 0.2) is 23.3 Å². The van der Waals surface area contributed by atoms with Crippen LogP contribution in [-0.4, -0.2) is 9.97 Å². The SMILES string of the molecule is Cc1[nH]c2cnccc2c(=O)c1I. The first kappa shape index (κ1) is 8.68. The maximum absolute atomic E-state index is 11.7. The van der Waals surface area contributed by atoms with E-state index < -0.39 is 0 Å². The van der Waals surface area contributed by atoms with Crippen molar-refractivity contribution in [3.8, 4) is 0 Å². The lowest BCUT2D eigenvalue weighted by Gasteiger charge is -2.01. The summed E-state index contributed by atoms with van der Waals surface area (Å²) in [5.74, 6) is 0. The van der Waals surface area contributed by atoms with Crippen molar-refractivity contribution in [2.45, 2.75) is 6.92 Å². The number of H-pyrrole nitrogens is 1. The summed E-state index contributed by atoms with van der Waals surface area (Å²) in [4.78, 5) is 18.8. The minimum absolute atomic E-state index is 0.0780. The van der Waals surface area contributed by atoms with E-state index >= 15 is 0 Å². The van der Waals surface area contributed by atoms with E-state index in [0.717, 1.165) is 14.8 Å². The van der Waals surface area contributed by atoms with Crippen molar-refractivity contribution in [1.29, 1.82) is 0 Å². The lowest BCUT2D eigenvalue weighted by atomic mass is 10.2. The molecule has 2 heterocycles. The van der Waals surface area contributed by atoms with Crippen LogP contribution in [0.2, 0.25) is 0 Å². The number of nitrogens with one attached hydrogen (secondary N) is 1. The Balaban J connectivity index is 3.03. The Kier molecular flexibility index (Phi) is 2.07. The van der Waals surface area contributed by atoms with E-state index in [1.165, 1.54) is 0 Å². The lowest BCUT2D eigenvalue weighted by molar-refractivity contribution is 1.19. The number of aromatic amines is 1. The number of aromatic nitrogens is 2. The predicted octanol–water partition coefficient (Wildman–Crippen LogP) is 1.84. The highest BCUT2D eigenvalue weighted by Crippen LogP contribution is 2.10. The molecule has 0 fully saturated rings. The fourth-order valence-corrected chi connectivity index (χ4v) is 1.66. The standard InChI is InChI=1S/C9H7IN2O/c1-5-8(10)9(13)6-2-3-11-4-7(6)12-5/h2-4H,1H3,(H,12,13). The number of pyridine rings is 2. The van der Waals surface area contributed by atoms with Crippen LogP contribution in [0.5, 0.6) is 0 Å². The van der Waals surface area contributed by atoms with Gasteiger partial charge in [0, 0.05) is 17.3 Å². The molecule has 0 bridgehead atoms. The second kappa shape index (κ2) is 3.10. The Morgan fingerprint density at radius 3 is 3.08 bits per heavy atom. The predicted molar refractivity (Wildman–Crippen MR) is 59.8 cm³/mol. The van der Waals surface area contributed by atoms with Gasteiger partial charge < -0.3 is 4.98 Å². The molecule has 0 aliphatic rings. The molecular formula is C9H7IN2O. The third-order valence-corrected chi connectivity index (χ3v) is 3.22. The first-order valence-corrected chi connectivity index (χ1v) is 4.90. The van der Waals surface area contributed by atoms with E-state index in [9.17, 15) is 4.79 Å². The van der Waals surface area contributed by atoms with E-state index in [1.807, 2.05) is 6.92 Å². The molecule has 0 saturated heterocycles. The van der Waals surface area contributed by atoms with Crippen LogP contribution in [0.3, 0.4) is 0 Å². The van der Waals surface area contributed by atoms with E-state index in [1.54, 1.807) is 18.5 Å². The van der Waals surface area contributed by atoms with E-state index in [-0.39, 0.29) is 5.43 Å². The van der Waals surface area contributed by atoms with Gasteiger partial charge in [-0.25, -0.2) is 0 Å². The normalized spacial score (nSPS) is 10.6. The molecule has 4 heteroatoms. The van der Waals surface area contributed by atoms with Gasteiger partial charge in [-0.15, -0.1) is 0 Å². The van der Waals surface area contributed by atoms with Crippen LogP contribution in [0.25, 0.3) is 10.9 Å². The molecule has 0 aromatic carbocycles. The number of halogens is 1. The van der Waals surface area contributed by atoms with Crippen molar-refractivity contribution in [1.82, 2.24) is 9.97 Å². The van der Waals surface area contributed by atoms with Gasteiger partial charge in [0.2, 0.25) is 5.43 Å². The summed E-state index contributed by atoms with van der Waals surface area (Å²) in [6, 6.07) is 1.73. The molecule has 0 aliphatic heterocycles. The molecule has 0 unspecified atom stereocenters. The van der Waals surface area contributed by atoms with Crippen molar-refractivity contribution in [2.75, 3.05) is 0 Å². The second-order valence-electron chi connectivity index (χ2n) is 2.81. The van der Waals surface area contributed by atoms with E-state index in [0.29, 0.717) is 5.39 Å². The molecule has 13 heavy (non-hydrogen) atoms. The molecule has 2 aromatic heterocycles. The third-order valence-electron chi connectivity index (χ3n) is 1.92. The quantitative estimate of drug-likeness (QED) is 0.751. The van der Waals surface area contributed by atoms with Crippen LogP contribution in [0, 0.1) is 10.5 Å². The topological polar surface area (TPSA) is 45.8 Å². The van der Waals surface area contributed by atoms with Gasteiger partial charge in [0.1, 0.15) is 0 Å². The highest BCUT2D eigenvalue weighted by atomic mass is 127. The van der Waals surface area contributed by atoms with Gasteiger partial charge in [0.05, 0.1) is 15.3 Å². The Morgan fingerprint density at radius 2 is 2.31 bits per heavy atom. The maximum Gasteiger partial charge on any atom is 0.203 e.